The highest BCUT2D eigenvalue weighted by atomic mass is 28.3. The van der Waals surface area contributed by atoms with Crippen molar-refractivity contribution in [3.05, 3.63) is 138 Å². The van der Waals surface area contributed by atoms with Crippen LogP contribution in [-0.2, 0) is 0 Å². The first kappa shape index (κ1) is 17.0. The molecule has 0 saturated heterocycles. The quantitative estimate of drug-likeness (QED) is 0.369. The summed E-state index contributed by atoms with van der Waals surface area (Å²) in [5, 5.41) is 4.26. The lowest BCUT2D eigenvalue weighted by atomic mass is 10.1. The molecule has 0 fully saturated rings. The first-order valence-electron chi connectivity index (χ1n) is 9.72. The van der Waals surface area contributed by atoms with Crippen LogP contribution in [-0.4, -0.2) is 8.07 Å². The fourth-order valence-corrected chi connectivity index (χ4v) is 9.48. The van der Waals surface area contributed by atoms with Gasteiger partial charge in [-0.2, -0.15) is 0 Å². The Bertz CT molecular complexity index is 1000. The molecule has 133 valence electrons. The van der Waals surface area contributed by atoms with Gasteiger partial charge in [-0.15, -0.1) is 0 Å². The van der Waals surface area contributed by atoms with Crippen LogP contribution >= 0.6 is 0 Å². The Hall–Kier alpha value is -3.16. The Morgan fingerprint density at radius 3 is 1.32 bits per heavy atom. The molecule has 0 spiro atoms. The molecular formula is C27H21Si. The van der Waals surface area contributed by atoms with E-state index in [0.29, 0.717) is 0 Å². The minimum Gasteiger partial charge on any atom is -0.0741 e. The number of allylic oxidation sites excluding steroid dienone is 1. The highest BCUT2D eigenvalue weighted by Gasteiger charge is 2.48. The van der Waals surface area contributed by atoms with Crippen LogP contribution in [0.1, 0.15) is 11.1 Å². The van der Waals surface area contributed by atoms with E-state index in [1.165, 1.54) is 32.2 Å². The Balaban J connectivity index is 1.88. The molecule has 1 radical (unpaired) electrons. The zero-order chi connectivity index (χ0) is 18.8. The molecule has 4 aromatic carbocycles. The summed E-state index contributed by atoms with van der Waals surface area (Å²) in [7, 11) is -2.41. The third-order valence-electron chi connectivity index (χ3n) is 5.70. The SMILES string of the molecule is C1=Cc2ccccc2[C]1[Si](c1ccccc1)(c1ccccc1)c1ccccc1. The van der Waals surface area contributed by atoms with Crippen molar-refractivity contribution in [1.82, 2.24) is 0 Å². The summed E-state index contributed by atoms with van der Waals surface area (Å²) in [4.78, 5) is 0. The van der Waals surface area contributed by atoms with Crippen LogP contribution in [0.25, 0.3) is 6.08 Å². The van der Waals surface area contributed by atoms with Gasteiger partial charge in [0.15, 0.2) is 8.07 Å². The van der Waals surface area contributed by atoms with Gasteiger partial charge in [0.25, 0.3) is 0 Å². The third kappa shape index (κ3) is 2.59. The van der Waals surface area contributed by atoms with Gasteiger partial charge in [-0.3, -0.25) is 0 Å². The summed E-state index contributed by atoms with van der Waals surface area (Å²) in [6.45, 7) is 0. The van der Waals surface area contributed by atoms with Gasteiger partial charge in [0.05, 0.1) is 0 Å². The molecule has 0 unspecified atom stereocenters. The van der Waals surface area contributed by atoms with Gasteiger partial charge >= 0.3 is 0 Å². The van der Waals surface area contributed by atoms with Crippen LogP contribution in [0.2, 0.25) is 0 Å². The molecule has 4 aromatic rings. The lowest BCUT2D eigenvalue weighted by Gasteiger charge is -2.38. The Morgan fingerprint density at radius 1 is 0.393 bits per heavy atom. The smallest absolute Gasteiger partial charge is 0.0741 e. The van der Waals surface area contributed by atoms with Gasteiger partial charge < -0.3 is 0 Å². The van der Waals surface area contributed by atoms with Crippen molar-refractivity contribution >= 4 is 29.7 Å². The van der Waals surface area contributed by atoms with E-state index in [9.17, 15) is 0 Å². The first-order chi connectivity index (χ1) is 13.9. The molecule has 0 aliphatic heterocycles. The molecule has 0 heterocycles. The monoisotopic (exact) mass is 373 g/mol. The number of rotatable bonds is 4. The maximum Gasteiger partial charge on any atom is 0.163 e. The minimum atomic E-state index is -2.41. The lowest BCUT2D eigenvalue weighted by molar-refractivity contribution is 1.45. The van der Waals surface area contributed by atoms with E-state index in [0.717, 1.165) is 0 Å². The molecule has 1 heteroatoms. The van der Waals surface area contributed by atoms with Crippen LogP contribution in [0.4, 0.5) is 0 Å². The van der Waals surface area contributed by atoms with Crippen LogP contribution in [0.5, 0.6) is 0 Å². The third-order valence-corrected chi connectivity index (χ3v) is 10.5. The van der Waals surface area contributed by atoms with Crippen LogP contribution in [0, 0.1) is 5.54 Å². The number of hydrogen-bond acceptors (Lipinski definition) is 0. The van der Waals surface area contributed by atoms with E-state index in [1.54, 1.807) is 0 Å². The van der Waals surface area contributed by atoms with E-state index in [2.05, 4.69) is 127 Å². The molecule has 0 saturated carbocycles. The molecule has 0 N–H and O–H groups in total. The summed E-state index contributed by atoms with van der Waals surface area (Å²) in [6, 6.07) is 42.1. The van der Waals surface area contributed by atoms with E-state index in [4.69, 9.17) is 0 Å². The first-order valence-corrected chi connectivity index (χ1v) is 11.7. The molecule has 0 aromatic heterocycles. The maximum atomic E-state index is 2.36. The molecule has 28 heavy (non-hydrogen) atoms. The average Bonchev–Trinajstić information content (AvgIpc) is 3.21. The Morgan fingerprint density at radius 2 is 0.821 bits per heavy atom. The minimum absolute atomic E-state index is 1.32. The summed E-state index contributed by atoms with van der Waals surface area (Å²) in [5.41, 5.74) is 4.15. The second kappa shape index (κ2) is 7.10. The largest absolute Gasteiger partial charge is 0.163 e. The van der Waals surface area contributed by atoms with Gasteiger partial charge in [-0.05, 0) is 26.7 Å². The molecule has 1 aliphatic carbocycles. The number of benzene rings is 4. The highest BCUT2D eigenvalue weighted by molar-refractivity contribution is 7.16. The lowest BCUT2D eigenvalue weighted by Crippen LogP contribution is -2.70. The van der Waals surface area contributed by atoms with Crippen molar-refractivity contribution in [2.24, 2.45) is 0 Å². The van der Waals surface area contributed by atoms with Gasteiger partial charge in [0.1, 0.15) is 0 Å². The summed E-state index contributed by atoms with van der Waals surface area (Å²) >= 11 is 0. The molecule has 5 rings (SSSR count). The van der Waals surface area contributed by atoms with Crippen LogP contribution in [0.3, 0.4) is 0 Å². The Kier molecular flexibility index (Phi) is 4.30. The fourth-order valence-electron chi connectivity index (χ4n) is 4.51. The topological polar surface area (TPSA) is 0 Å². The fraction of sp³-hybridized carbons (Fsp3) is 0. The van der Waals surface area contributed by atoms with Gasteiger partial charge in [-0.25, -0.2) is 0 Å². The zero-order valence-corrected chi connectivity index (χ0v) is 16.6. The van der Waals surface area contributed by atoms with Crippen molar-refractivity contribution in [3.8, 4) is 0 Å². The van der Waals surface area contributed by atoms with Crippen LogP contribution in [0.15, 0.2) is 121 Å². The predicted octanol–water partition coefficient (Wildman–Crippen LogP) is 4.35. The van der Waals surface area contributed by atoms with Crippen molar-refractivity contribution in [1.29, 1.82) is 0 Å². The molecule has 1 aliphatic rings. The second-order valence-electron chi connectivity index (χ2n) is 7.18. The standard InChI is InChI=1S/C27H21Si/c1-4-13-23(14-5-1)28(24-15-6-2-7-16-24,25-17-8-3-9-18-25)27-21-20-22-12-10-11-19-26(22)27/h1-21H. The molecule has 0 amide bonds. The predicted molar refractivity (Wildman–Crippen MR) is 122 cm³/mol. The summed E-state index contributed by atoms with van der Waals surface area (Å²) < 4.78 is 0. The second-order valence-corrected chi connectivity index (χ2v) is 11.0. The van der Waals surface area contributed by atoms with E-state index < -0.39 is 8.07 Å². The summed E-state index contributed by atoms with van der Waals surface area (Å²) in [6.07, 6.45) is 4.64. The van der Waals surface area contributed by atoms with E-state index >= 15 is 0 Å². The van der Waals surface area contributed by atoms with Crippen LogP contribution < -0.4 is 15.6 Å². The van der Waals surface area contributed by atoms with Gasteiger partial charge in [-0.1, -0.05) is 127 Å². The van der Waals surface area contributed by atoms with E-state index in [1.807, 2.05) is 0 Å². The van der Waals surface area contributed by atoms with Gasteiger partial charge in [0.2, 0.25) is 0 Å². The van der Waals surface area contributed by atoms with Crippen molar-refractivity contribution < 1.29 is 0 Å². The van der Waals surface area contributed by atoms with Crippen molar-refractivity contribution in [3.63, 3.8) is 0 Å². The maximum absolute atomic E-state index is 2.41. The molecule has 0 nitrogen and oxygen atoms in total. The average molecular weight is 374 g/mol. The van der Waals surface area contributed by atoms with E-state index in [-0.39, 0.29) is 0 Å². The Labute approximate surface area is 167 Å². The molecular weight excluding hydrogens is 352 g/mol. The number of hydrogen-bond donors (Lipinski definition) is 0. The van der Waals surface area contributed by atoms with Gasteiger partial charge in [0, 0.05) is 5.54 Å². The number of fused-ring (bicyclic) bond motifs is 1. The highest BCUT2D eigenvalue weighted by Crippen LogP contribution is 2.35. The molecule has 0 bridgehead atoms. The molecule has 0 atom stereocenters. The summed E-state index contributed by atoms with van der Waals surface area (Å²) in [5.74, 6) is 0. The zero-order valence-electron chi connectivity index (χ0n) is 15.6. The van der Waals surface area contributed by atoms with Crippen molar-refractivity contribution in [2.45, 2.75) is 0 Å². The van der Waals surface area contributed by atoms with Crippen molar-refractivity contribution in [2.75, 3.05) is 0 Å². The normalized spacial score (nSPS) is 13.4.